The zero-order valence-corrected chi connectivity index (χ0v) is 11.2. The minimum atomic E-state index is 0.463. The Bertz CT molecular complexity index is 797. The monoisotopic (exact) mass is 260 g/mol. The first-order valence-corrected chi connectivity index (χ1v) is 7.40. The Morgan fingerprint density at radius 3 is 3.15 bits per heavy atom. The van der Waals surface area contributed by atoms with Gasteiger partial charge in [0.05, 0.1) is 0 Å². The number of hydrogen-bond donors (Lipinski definition) is 1. The third kappa shape index (κ3) is 1.26. The number of fused-ring (bicyclic) bond motifs is 3. The van der Waals surface area contributed by atoms with Crippen LogP contribution in [0.5, 0.6) is 0 Å². The maximum absolute atomic E-state index is 4.65. The van der Waals surface area contributed by atoms with E-state index >= 15 is 0 Å². The topological polar surface area (TPSA) is 24.4 Å². The van der Waals surface area contributed by atoms with Crippen LogP contribution in [0, 0.1) is 17.8 Å². The SMILES string of the molecule is C1=CC2C3=c4ccccc4=CNC3CC3C=NC(=C1)C32. The average molecular weight is 260 g/mol. The highest BCUT2D eigenvalue weighted by Gasteiger charge is 2.44. The van der Waals surface area contributed by atoms with E-state index in [1.165, 1.54) is 16.1 Å². The summed E-state index contributed by atoms with van der Waals surface area (Å²) in [5.41, 5.74) is 2.84. The molecule has 5 rings (SSSR count). The van der Waals surface area contributed by atoms with Crippen LogP contribution < -0.4 is 15.8 Å². The van der Waals surface area contributed by atoms with E-state index in [1.807, 2.05) is 0 Å². The molecule has 1 aromatic carbocycles. The number of nitrogens with one attached hydrogen (secondary N) is 1. The number of allylic oxidation sites excluding steroid dienone is 4. The van der Waals surface area contributed by atoms with Crippen molar-refractivity contribution in [3.63, 3.8) is 0 Å². The molecular formula is C18H16N2. The van der Waals surface area contributed by atoms with Gasteiger partial charge in [0, 0.05) is 41.9 Å². The van der Waals surface area contributed by atoms with Crippen LogP contribution in [0.25, 0.3) is 11.8 Å². The second-order valence-corrected chi connectivity index (χ2v) is 6.11. The molecular weight excluding hydrogens is 244 g/mol. The lowest BCUT2D eigenvalue weighted by Crippen LogP contribution is -2.50. The standard InChI is InChI=1S/C18H16N2/c1-2-5-13-11(4-1)9-20-16-8-12-10-19-15-7-3-6-14(17(12)15)18(13)16/h1-7,9-10,12,14,16-17,20H,8H2. The van der Waals surface area contributed by atoms with Crippen molar-refractivity contribution < 1.29 is 0 Å². The van der Waals surface area contributed by atoms with Gasteiger partial charge in [-0.2, -0.15) is 0 Å². The van der Waals surface area contributed by atoms with Gasteiger partial charge < -0.3 is 5.32 Å². The zero-order chi connectivity index (χ0) is 13.1. The molecule has 2 aliphatic carbocycles. The lowest BCUT2D eigenvalue weighted by molar-refractivity contribution is 0.350. The van der Waals surface area contributed by atoms with Gasteiger partial charge in [0.25, 0.3) is 0 Å². The lowest BCUT2D eigenvalue weighted by Gasteiger charge is -2.41. The van der Waals surface area contributed by atoms with Crippen molar-refractivity contribution in [2.24, 2.45) is 22.7 Å². The number of aliphatic imine (C=N–C) groups is 1. The molecule has 4 unspecified atom stereocenters. The van der Waals surface area contributed by atoms with Crippen molar-refractivity contribution in [2.45, 2.75) is 12.5 Å². The smallest absolute Gasteiger partial charge is 0.0489 e. The Morgan fingerprint density at radius 1 is 1.20 bits per heavy atom. The lowest BCUT2D eigenvalue weighted by atomic mass is 9.65. The van der Waals surface area contributed by atoms with Crippen LogP contribution in [0.2, 0.25) is 0 Å². The van der Waals surface area contributed by atoms with Gasteiger partial charge in [-0.15, -0.1) is 0 Å². The van der Waals surface area contributed by atoms with Gasteiger partial charge in [0.1, 0.15) is 0 Å². The van der Waals surface area contributed by atoms with Gasteiger partial charge in [-0.3, -0.25) is 4.99 Å². The van der Waals surface area contributed by atoms with Crippen LogP contribution in [0.4, 0.5) is 0 Å². The molecule has 1 aromatic rings. The summed E-state index contributed by atoms with van der Waals surface area (Å²) in [4.78, 5) is 4.65. The summed E-state index contributed by atoms with van der Waals surface area (Å²) in [5, 5.41) is 6.36. The molecule has 2 nitrogen and oxygen atoms in total. The molecule has 0 aromatic heterocycles. The largest absolute Gasteiger partial charge is 0.384 e. The second kappa shape index (κ2) is 3.72. The maximum atomic E-state index is 4.65. The summed E-state index contributed by atoms with van der Waals surface area (Å²) in [7, 11) is 0. The number of benzene rings is 1. The normalized spacial score (nSPS) is 35.4. The van der Waals surface area contributed by atoms with E-state index in [0.29, 0.717) is 23.8 Å². The van der Waals surface area contributed by atoms with Gasteiger partial charge in [0.15, 0.2) is 0 Å². The van der Waals surface area contributed by atoms with Crippen LogP contribution in [0.3, 0.4) is 0 Å². The zero-order valence-electron chi connectivity index (χ0n) is 11.2. The third-order valence-electron chi connectivity index (χ3n) is 5.14. The molecule has 0 saturated heterocycles. The highest BCUT2D eigenvalue weighted by atomic mass is 14.9. The van der Waals surface area contributed by atoms with E-state index in [1.54, 1.807) is 5.57 Å². The summed E-state index contributed by atoms with van der Waals surface area (Å²) in [5.74, 6) is 1.67. The highest BCUT2D eigenvalue weighted by Crippen LogP contribution is 2.47. The molecule has 20 heavy (non-hydrogen) atoms. The van der Waals surface area contributed by atoms with Gasteiger partial charge in [-0.05, 0) is 28.5 Å². The number of hydrogen-bond acceptors (Lipinski definition) is 2. The summed E-state index contributed by atoms with van der Waals surface area (Å²) in [6.45, 7) is 0. The summed E-state index contributed by atoms with van der Waals surface area (Å²) in [6.07, 6.45) is 12.3. The van der Waals surface area contributed by atoms with E-state index in [9.17, 15) is 0 Å². The van der Waals surface area contributed by atoms with Crippen LogP contribution in [0.15, 0.2) is 53.2 Å². The van der Waals surface area contributed by atoms with Gasteiger partial charge >= 0.3 is 0 Å². The first-order valence-electron chi connectivity index (χ1n) is 7.40. The Balaban J connectivity index is 1.80. The molecule has 0 spiro atoms. The van der Waals surface area contributed by atoms with E-state index in [2.05, 4.69) is 65.2 Å². The first-order chi connectivity index (χ1) is 9.92. The average Bonchev–Trinajstić information content (AvgIpc) is 2.92. The maximum Gasteiger partial charge on any atom is 0.0489 e. The molecule has 98 valence electrons. The molecule has 1 N–H and O–H groups in total. The van der Waals surface area contributed by atoms with Gasteiger partial charge in [0.2, 0.25) is 0 Å². The molecule has 0 radical (unpaired) electrons. The van der Waals surface area contributed by atoms with Crippen LogP contribution >= 0.6 is 0 Å². The first kappa shape index (κ1) is 10.7. The molecule has 2 heterocycles. The molecule has 2 aliphatic heterocycles. The predicted molar refractivity (Wildman–Crippen MR) is 81.3 cm³/mol. The fourth-order valence-electron chi connectivity index (χ4n) is 4.32. The number of rotatable bonds is 0. The summed E-state index contributed by atoms with van der Waals surface area (Å²) in [6, 6.07) is 9.21. The molecule has 4 aliphatic rings. The second-order valence-electron chi connectivity index (χ2n) is 6.11. The summed E-state index contributed by atoms with van der Waals surface area (Å²) >= 11 is 0. The molecule has 4 atom stereocenters. The van der Waals surface area contributed by atoms with Crippen molar-refractivity contribution in [3.05, 3.63) is 58.6 Å². The minimum absolute atomic E-state index is 0.463. The van der Waals surface area contributed by atoms with Crippen molar-refractivity contribution in [1.29, 1.82) is 0 Å². The quantitative estimate of drug-likeness (QED) is 0.748. The Hall–Kier alpha value is -2.09. The van der Waals surface area contributed by atoms with Crippen molar-refractivity contribution in [3.8, 4) is 0 Å². The molecule has 2 heteroatoms. The number of nitrogens with zero attached hydrogens (tertiary/aromatic N) is 1. The molecule has 1 saturated carbocycles. The molecule has 0 amide bonds. The van der Waals surface area contributed by atoms with Crippen molar-refractivity contribution in [1.82, 2.24) is 5.32 Å². The van der Waals surface area contributed by atoms with E-state index in [-0.39, 0.29) is 0 Å². The Labute approximate surface area is 117 Å². The van der Waals surface area contributed by atoms with Gasteiger partial charge in [-0.25, -0.2) is 0 Å². The van der Waals surface area contributed by atoms with Crippen LogP contribution in [0.1, 0.15) is 6.42 Å². The van der Waals surface area contributed by atoms with Crippen LogP contribution in [-0.2, 0) is 0 Å². The molecule has 1 fully saturated rings. The molecule has 0 bridgehead atoms. The summed E-state index contributed by atoms with van der Waals surface area (Å²) < 4.78 is 0. The van der Waals surface area contributed by atoms with Crippen LogP contribution in [-0.4, -0.2) is 12.3 Å². The van der Waals surface area contributed by atoms with E-state index in [4.69, 9.17) is 0 Å². The fourth-order valence-corrected chi connectivity index (χ4v) is 4.32. The third-order valence-corrected chi connectivity index (χ3v) is 5.14. The fraction of sp³-hybridized carbons (Fsp3) is 0.278. The van der Waals surface area contributed by atoms with Gasteiger partial charge in [-0.1, -0.05) is 36.4 Å². The Morgan fingerprint density at radius 2 is 2.15 bits per heavy atom. The highest BCUT2D eigenvalue weighted by molar-refractivity contribution is 5.74. The van der Waals surface area contributed by atoms with E-state index in [0.717, 1.165) is 6.42 Å². The Kier molecular flexibility index (Phi) is 1.99. The van der Waals surface area contributed by atoms with Crippen molar-refractivity contribution >= 4 is 18.0 Å². The predicted octanol–water partition coefficient (Wildman–Crippen LogP) is 1.34. The van der Waals surface area contributed by atoms with E-state index < -0.39 is 0 Å². The minimum Gasteiger partial charge on any atom is -0.384 e. The van der Waals surface area contributed by atoms with Crippen molar-refractivity contribution in [2.75, 3.05) is 0 Å².